The molecule has 1 aromatic carbocycles. The van der Waals surface area contributed by atoms with Crippen LogP contribution in [-0.4, -0.2) is 37.7 Å². The predicted molar refractivity (Wildman–Crippen MR) is 58.9 cm³/mol. The van der Waals surface area contributed by atoms with Gasteiger partial charge in [0.2, 0.25) is 0 Å². The van der Waals surface area contributed by atoms with Crippen molar-refractivity contribution in [3.05, 3.63) is 27.8 Å². The summed E-state index contributed by atoms with van der Waals surface area (Å²) in [6.45, 7) is 0. The maximum absolute atomic E-state index is 11.8. The number of nitro benzene ring substituents is 1. The first-order chi connectivity index (χ1) is 8.30. The van der Waals surface area contributed by atoms with Crippen LogP contribution in [0.25, 0.3) is 0 Å². The Morgan fingerprint density at radius 3 is 2.50 bits per heavy atom. The number of ether oxygens (including phenoxy) is 1. The number of benzene rings is 1. The summed E-state index contributed by atoms with van der Waals surface area (Å²) in [5, 5.41) is 10.8. The summed E-state index contributed by atoms with van der Waals surface area (Å²) in [4.78, 5) is 21.4. The minimum Gasteiger partial charge on any atom is -0.490 e. The number of carbonyl (C=O) groups excluding carboxylic acids is 1. The Morgan fingerprint density at radius 2 is 2.00 bits per heavy atom. The molecule has 1 heterocycles. The summed E-state index contributed by atoms with van der Waals surface area (Å²) in [5.41, 5.74) is -0.667. The van der Waals surface area contributed by atoms with E-state index in [4.69, 9.17) is 4.74 Å². The fraction of sp³-hybridized carbons (Fsp3) is 0.222. The molecule has 18 heavy (non-hydrogen) atoms. The van der Waals surface area contributed by atoms with Crippen LogP contribution in [0.4, 0.5) is 5.69 Å². The number of nitro groups is 1. The van der Waals surface area contributed by atoms with Crippen LogP contribution in [0, 0.1) is 10.1 Å². The molecule has 2 rings (SSSR count). The highest BCUT2D eigenvalue weighted by Crippen LogP contribution is 2.37. The Kier molecular flexibility index (Phi) is 2.51. The number of fused-ring (bicyclic) bond motifs is 1. The highest BCUT2D eigenvalue weighted by atomic mass is 32.2. The molecule has 1 aliphatic rings. The quantitative estimate of drug-likeness (QED) is 0.569. The molecule has 1 amide bonds. The normalized spacial score (nSPS) is 16.6. The average Bonchev–Trinajstić information content (AvgIpc) is 2.49. The largest absolute Gasteiger partial charge is 0.490 e. The monoisotopic (exact) mass is 272 g/mol. The van der Waals surface area contributed by atoms with Crippen molar-refractivity contribution in [1.82, 2.24) is 4.31 Å². The van der Waals surface area contributed by atoms with Crippen LogP contribution in [0.15, 0.2) is 17.0 Å². The number of rotatable bonds is 2. The van der Waals surface area contributed by atoms with Crippen molar-refractivity contribution in [2.75, 3.05) is 14.2 Å². The minimum absolute atomic E-state index is 0.203. The van der Waals surface area contributed by atoms with Gasteiger partial charge in [-0.15, -0.1) is 0 Å². The van der Waals surface area contributed by atoms with Crippen LogP contribution >= 0.6 is 0 Å². The van der Waals surface area contributed by atoms with Crippen molar-refractivity contribution in [2.24, 2.45) is 0 Å². The molecule has 1 aliphatic heterocycles. The standard InChI is InChI=1S/C9H8N2O6S/c1-10-9(12)5-3-6(11(13)14)7(17-2)4-8(5)18(10,15)16/h3-4H,1-2H3. The number of nitrogens with zero attached hydrogens (tertiary/aromatic N) is 2. The van der Waals surface area contributed by atoms with Gasteiger partial charge in [-0.2, -0.15) is 0 Å². The molecule has 96 valence electrons. The van der Waals surface area contributed by atoms with Crippen LogP contribution in [0.1, 0.15) is 10.4 Å². The van der Waals surface area contributed by atoms with E-state index in [1.54, 1.807) is 0 Å². The number of carbonyl (C=O) groups is 1. The van der Waals surface area contributed by atoms with Crippen molar-refractivity contribution in [1.29, 1.82) is 0 Å². The van der Waals surface area contributed by atoms with Gasteiger partial charge in [0.05, 0.1) is 17.6 Å². The number of hydrogen-bond donors (Lipinski definition) is 0. The zero-order valence-corrected chi connectivity index (χ0v) is 10.2. The van der Waals surface area contributed by atoms with Crippen LogP contribution in [0.3, 0.4) is 0 Å². The third-order valence-electron chi connectivity index (χ3n) is 2.63. The van der Waals surface area contributed by atoms with Crippen molar-refractivity contribution < 1.29 is 22.9 Å². The van der Waals surface area contributed by atoms with Gasteiger partial charge in [0.1, 0.15) is 4.90 Å². The van der Waals surface area contributed by atoms with E-state index in [1.165, 1.54) is 7.11 Å². The van der Waals surface area contributed by atoms with E-state index in [2.05, 4.69) is 0 Å². The number of amides is 1. The molecule has 0 N–H and O–H groups in total. The highest BCUT2D eigenvalue weighted by Gasteiger charge is 2.41. The topological polar surface area (TPSA) is 107 Å². The number of sulfonamides is 1. The second-order valence-corrected chi connectivity index (χ2v) is 5.49. The first kappa shape index (κ1) is 12.3. The zero-order chi connectivity index (χ0) is 13.7. The summed E-state index contributed by atoms with van der Waals surface area (Å²) in [6, 6.07) is 1.90. The minimum atomic E-state index is -3.93. The van der Waals surface area contributed by atoms with Gasteiger partial charge in [-0.05, 0) is 0 Å². The third kappa shape index (κ3) is 1.44. The Labute approximate surface area is 102 Å². The molecule has 1 aromatic rings. The Bertz CT molecular complexity index is 666. The summed E-state index contributed by atoms with van der Waals surface area (Å²) in [7, 11) is -1.65. The molecule has 0 bridgehead atoms. The Balaban J connectivity index is 2.81. The second kappa shape index (κ2) is 3.67. The third-order valence-corrected chi connectivity index (χ3v) is 4.41. The van der Waals surface area contributed by atoms with Crippen LogP contribution < -0.4 is 4.74 Å². The second-order valence-electron chi connectivity index (χ2n) is 3.56. The molecule has 0 fully saturated rings. The Morgan fingerprint density at radius 1 is 1.39 bits per heavy atom. The van der Waals surface area contributed by atoms with E-state index in [-0.39, 0.29) is 16.2 Å². The maximum Gasteiger partial charge on any atom is 0.311 e. The molecule has 0 atom stereocenters. The van der Waals surface area contributed by atoms with Gasteiger partial charge in [0.25, 0.3) is 15.9 Å². The van der Waals surface area contributed by atoms with Crippen molar-refractivity contribution in [3.8, 4) is 5.75 Å². The molecular weight excluding hydrogens is 264 g/mol. The SMILES string of the molecule is COc1cc2c(cc1[N+](=O)[O-])C(=O)N(C)S2(=O)=O. The Hall–Kier alpha value is -2.16. The molecule has 0 saturated carbocycles. The van der Waals surface area contributed by atoms with Crippen LogP contribution in [-0.2, 0) is 10.0 Å². The van der Waals surface area contributed by atoms with Gasteiger partial charge >= 0.3 is 5.69 Å². The van der Waals surface area contributed by atoms with E-state index in [0.29, 0.717) is 4.31 Å². The molecule has 0 unspecified atom stereocenters. The van der Waals surface area contributed by atoms with Crippen LogP contribution in [0.5, 0.6) is 5.75 Å². The van der Waals surface area contributed by atoms with E-state index in [9.17, 15) is 23.3 Å². The first-order valence-corrected chi connectivity index (χ1v) is 6.14. The fourth-order valence-corrected chi connectivity index (χ4v) is 2.95. The fourth-order valence-electron chi connectivity index (χ4n) is 1.66. The van der Waals surface area contributed by atoms with Gasteiger partial charge in [0, 0.05) is 19.2 Å². The summed E-state index contributed by atoms with van der Waals surface area (Å²) < 4.78 is 28.9. The van der Waals surface area contributed by atoms with Crippen molar-refractivity contribution >= 4 is 21.6 Å². The van der Waals surface area contributed by atoms with Crippen LogP contribution in [0.2, 0.25) is 0 Å². The lowest BCUT2D eigenvalue weighted by Crippen LogP contribution is -2.24. The smallest absolute Gasteiger partial charge is 0.311 e. The molecular formula is C9H8N2O6S. The van der Waals surface area contributed by atoms with Gasteiger partial charge < -0.3 is 4.74 Å². The van der Waals surface area contributed by atoms with E-state index in [0.717, 1.165) is 19.2 Å². The lowest BCUT2D eigenvalue weighted by atomic mass is 10.1. The summed E-state index contributed by atoms with van der Waals surface area (Å²) in [5.74, 6) is -0.999. The van der Waals surface area contributed by atoms with Gasteiger partial charge in [-0.1, -0.05) is 0 Å². The summed E-state index contributed by atoms with van der Waals surface area (Å²) in [6.07, 6.45) is 0. The number of hydrogen-bond acceptors (Lipinski definition) is 6. The van der Waals surface area contributed by atoms with E-state index >= 15 is 0 Å². The summed E-state index contributed by atoms with van der Waals surface area (Å²) >= 11 is 0. The van der Waals surface area contributed by atoms with Gasteiger partial charge in [-0.25, -0.2) is 12.7 Å². The molecule has 0 spiro atoms. The molecule has 9 heteroatoms. The lowest BCUT2D eigenvalue weighted by molar-refractivity contribution is -0.385. The lowest BCUT2D eigenvalue weighted by Gasteiger charge is -2.06. The highest BCUT2D eigenvalue weighted by molar-refractivity contribution is 7.90. The van der Waals surface area contributed by atoms with Crippen molar-refractivity contribution in [3.63, 3.8) is 0 Å². The van der Waals surface area contributed by atoms with E-state index in [1.807, 2.05) is 0 Å². The zero-order valence-electron chi connectivity index (χ0n) is 9.41. The van der Waals surface area contributed by atoms with Gasteiger partial charge in [-0.3, -0.25) is 14.9 Å². The molecule has 0 radical (unpaired) electrons. The van der Waals surface area contributed by atoms with E-state index < -0.39 is 26.5 Å². The van der Waals surface area contributed by atoms with Crippen molar-refractivity contribution in [2.45, 2.75) is 4.90 Å². The first-order valence-electron chi connectivity index (χ1n) is 4.70. The maximum atomic E-state index is 11.8. The molecule has 0 aromatic heterocycles. The average molecular weight is 272 g/mol. The van der Waals surface area contributed by atoms with Gasteiger partial charge in [0.15, 0.2) is 5.75 Å². The molecule has 0 saturated heterocycles. The molecule has 8 nitrogen and oxygen atoms in total. The number of methoxy groups -OCH3 is 1. The predicted octanol–water partition coefficient (Wildman–Crippen LogP) is 0.378. The molecule has 0 aliphatic carbocycles.